The largest absolute Gasteiger partial charge is 0.388 e. The highest BCUT2D eigenvalue weighted by molar-refractivity contribution is 5.23. The summed E-state index contributed by atoms with van der Waals surface area (Å²) in [6, 6.07) is 14.8. The summed E-state index contributed by atoms with van der Waals surface area (Å²) < 4.78 is 21.3. The van der Waals surface area contributed by atoms with Gasteiger partial charge >= 0.3 is 0 Å². The Morgan fingerprint density at radius 2 is 1.69 bits per heavy atom. The van der Waals surface area contributed by atoms with Gasteiger partial charge in [0, 0.05) is 6.42 Å². The number of aliphatic hydroxyl groups is 1. The molecule has 2 rings (SSSR count). The smallest absolute Gasteiger partial charge is 0.126 e. The van der Waals surface area contributed by atoms with Crippen molar-refractivity contribution < 1.29 is 10.9 Å². The lowest BCUT2D eigenvalue weighted by Crippen LogP contribution is -2.03. The van der Waals surface area contributed by atoms with E-state index in [4.69, 9.17) is 1.37 Å². The molecule has 0 saturated heterocycles. The second-order valence-corrected chi connectivity index (χ2v) is 3.58. The Kier molecular flexibility index (Phi) is 2.93. The van der Waals surface area contributed by atoms with E-state index in [1.807, 2.05) is 6.07 Å². The summed E-state index contributed by atoms with van der Waals surface area (Å²) in [4.78, 5) is 0. The first-order valence-electron chi connectivity index (χ1n) is 5.61. The number of benzene rings is 2. The molecule has 1 N–H and O–H groups in total. The minimum Gasteiger partial charge on any atom is -0.388 e. The number of rotatable bonds is 3. The zero-order valence-corrected chi connectivity index (χ0v) is 8.73. The van der Waals surface area contributed by atoms with Crippen LogP contribution in [0.1, 0.15) is 18.6 Å². The summed E-state index contributed by atoms with van der Waals surface area (Å²) in [5, 5.41) is 10.1. The van der Waals surface area contributed by atoms with Crippen molar-refractivity contribution in [2.24, 2.45) is 0 Å². The predicted octanol–water partition coefficient (Wildman–Crippen LogP) is 3.10. The first-order valence-corrected chi connectivity index (χ1v) is 5.11. The summed E-state index contributed by atoms with van der Waals surface area (Å²) in [6.45, 7) is 0. The quantitative estimate of drug-likeness (QED) is 0.837. The summed E-state index contributed by atoms with van der Waals surface area (Å²) in [5.74, 6) is -0.394. The Balaban J connectivity index is 2.27. The molecule has 2 aromatic rings. The standard InChI is InChI=1S/C14H13FO/c15-13-9-5-4-8-12(13)10-14(16)11-6-2-1-3-7-11/h1-9,14,16H,10H2/i14D. The summed E-state index contributed by atoms with van der Waals surface area (Å²) in [6.07, 6.45) is -1.87. The molecule has 0 aliphatic rings. The maximum Gasteiger partial charge on any atom is 0.126 e. The lowest BCUT2D eigenvalue weighted by Gasteiger charge is -2.11. The van der Waals surface area contributed by atoms with Crippen LogP contribution in [-0.2, 0) is 6.42 Å². The van der Waals surface area contributed by atoms with Crippen molar-refractivity contribution in [2.45, 2.75) is 12.5 Å². The van der Waals surface area contributed by atoms with Gasteiger partial charge in [0.1, 0.15) is 5.82 Å². The Labute approximate surface area is 95.6 Å². The van der Waals surface area contributed by atoms with Gasteiger partial charge in [-0.25, -0.2) is 4.39 Å². The molecule has 2 heteroatoms. The lowest BCUT2D eigenvalue weighted by atomic mass is 10.0. The van der Waals surface area contributed by atoms with E-state index < -0.39 is 11.9 Å². The highest BCUT2D eigenvalue weighted by Crippen LogP contribution is 2.19. The molecule has 82 valence electrons. The van der Waals surface area contributed by atoms with Gasteiger partial charge < -0.3 is 5.11 Å². The third kappa shape index (κ3) is 2.47. The fraction of sp³-hybridized carbons (Fsp3) is 0.143. The van der Waals surface area contributed by atoms with Gasteiger partial charge in [0.05, 0.1) is 7.45 Å². The normalized spacial score (nSPS) is 15.2. The third-order valence-electron chi connectivity index (χ3n) is 2.42. The molecule has 1 nitrogen and oxygen atoms in total. The topological polar surface area (TPSA) is 20.2 Å². The molecule has 0 heterocycles. The van der Waals surface area contributed by atoms with Crippen molar-refractivity contribution in [1.29, 1.82) is 0 Å². The van der Waals surface area contributed by atoms with Gasteiger partial charge in [0.15, 0.2) is 0 Å². The minimum absolute atomic E-state index is 0.0658. The molecule has 2 aromatic carbocycles. The van der Waals surface area contributed by atoms with Gasteiger partial charge in [-0.15, -0.1) is 0 Å². The zero-order chi connectivity index (χ0) is 12.3. The third-order valence-corrected chi connectivity index (χ3v) is 2.42. The van der Waals surface area contributed by atoms with E-state index in [2.05, 4.69) is 0 Å². The van der Waals surface area contributed by atoms with Crippen LogP contribution in [0.4, 0.5) is 4.39 Å². The molecule has 0 aromatic heterocycles. The molecule has 0 radical (unpaired) electrons. The van der Waals surface area contributed by atoms with Gasteiger partial charge in [0.25, 0.3) is 0 Å². The second-order valence-electron chi connectivity index (χ2n) is 3.58. The molecule has 0 amide bonds. The zero-order valence-electron chi connectivity index (χ0n) is 9.73. The molecule has 0 aliphatic heterocycles. The molecular formula is C14H13FO. The maximum absolute atomic E-state index is 13.4. The molecule has 0 fully saturated rings. The van der Waals surface area contributed by atoms with Crippen LogP contribution >= 0.6 is 0 Å². The van der Waals surface area contributed by atoms with E-state index in [9.17, 15) is 9.50 Å². The highest BCUT2D eigenvalue weighted by atomic mass is 19.1. The summed E-state index contributed by atoms with van der Waals surface area (Å²) >= 11 is 0. The van der Waals surface area contributed by atoms with Crippen LogP contribution in [0, 0.1) is 5.82 Å². The van der Waals surface area contributed by atoms with E-state index in [1.54, 1.807) is 42.5 Å². The molecular weight excluding hydrogens is 203 g/mol. The van der Waals surface area contributed by atoms with E-state index in [0.717, 1.165) is 0 Å². The maximum atomic E-state index is 13.4. The molecule has 16 heavy (non-hydrogen) atoms. The van der Waals surface area contributed by atoms with Crippen LogP contribution < -0.4 is 0 Å². The van der Waals surface area contributed by atoms with Crippen LogP contribution in [-0.4, -0.2) is 5.11 Å². The predicted molar refractivity (Wildman–Crippen MR) is 61.5 cm³/mol. The van der Waals surface area contributed by atoms with Gasteiger partial charge in [-0.05, 0) is 17.2 Å². The average molecular weight is 217 g/mol. The van der Waals surface area contributed by atoms with Crippen molar-refractivity contribution >= 4 is 0 Å². The van der Waals surface area contributed by atoms with Crippen molar-refractivity contribution in [3.8, 4) is 0 Å². The second kappa shape index (κ2) is 4.90. The van der Waals surface area contributed by atoms with E-state index in [1.165, 1.54) is 6.07 Å². The molecule has 1 atom stereocenters. The van der Waals surface area contributed by atoms with Crippen molar-refractivity contribution in [3.05, 3.63) is 71.5 Å². The van der Waals surface area contributed by atoms with Crippen LogP contribution in [0.15, 0.2) is 54.6 Å². The van der Waals surface area contributed by atoms with Crippen molar-refractivity contribution in [2.75, 3.05) is 0 Å². The number of halogens is 1. The first kappa shape index (κ1) is 9.55. The minimum atomic E-state index is -1.80. The van der Waals surface area contributed by atoms with Gasteiger partial charge in [-0.2, -0.15) is 0 Å². The Hall–Kier alpha value is -1.67. The molecule has 0 spiro atoms. The van der Waals surface area contributed by atoms with E-state index in [0.29, 0.717) is 11.1 Å². The Bertz CT molecular complexity index is 497. The molecule has 0 aliphatic carbocycles. The highest BCUT2D eigenvalue weighted by Gasteiger charge is 2.10. The van der Waals surface area contributed by atoms with Crippen LogP contribution in [0.25, 0.3) is 0 Å². The molecule has 0 bridgehead atoms. The number of hydrogen-bond donors (Lipinski definition) is 1. The molecule has 1 unspecified atom stereocenters. The van der Waals surface area contributed by atoms with Crippen LogP contribution in [0.5, 0.6) is 0 Å². The van der Waals surface area contributed by atoms with Crippen LogP contribution in [0.2, 0.25) is 0 Å². The lowest BCUT2D eigenvalue weighted by molar-refractivity contribution is 0.177. The SMILES string of the molecule is [2H]C(O)(Cc1ccccc1F)c1ccccc1. The fourth-order valence-corrected chi connectivity index (χ4v) is 1.55. The van der Waals surface area contributed by atoms with E-state index >= 15 is 0 Å². The van der Waals surface area contributed by atoms with Crippen molar-refractivity contribution in [1.82, 2.24) is 0 Å². The summed E-state index contributed by atoms with van der Waals surface area (Å²) in [5.41, 5.74) is 0.803. The average Bonchev–Trinajstić information content (AvgIpc) is 2.33. The van der Waals surface area contributed by atoms with Crippen LogP contribution in [0.3, 0.4) is 0 Å². The fourth-order valence-electron chi connectivity index (χ4n) is 1.55. The Morgan fingerprint density at radius 3 is 2.38 bits per heavy atom. The van der Waals surface area contributed by atoms with Gasteiger partial charge in [-0.3, -0.25) is 0 Å². The Morgan fingerprint density at radius 1 is 1.06 bits per heavy atom. The summed E-state index contributed by atoms with van der Waals surface area (Å²) in [7, 11) is 0. The van der Waals surface area contributed by atoms with Gasteiger partial charge in [-0.1, -0.05) is 48.5 Å². The van der Waals surface area contributed by atoms with E-state index in [-0.39, 0.29) is 6.42 Å². The number of hydrogen-bond acceptors (Lipinski definition) is 1. The molecule has 0 saturated carbocycles. The van der Waals surface area contributed by atoms with Gasteiger partial charge in [0.2, 0.25) is 0 Å². The first-order chi connectivity index (χ1) is 8.09. The monoisotopic (exact) mass is 217 g/mol. The van der Waals surface area contributed by atoms with Crippen molar-refractivity contribution in [3.63, 3.8) is 0 Å².